The number of fused-ring (bicyclic) bond motifs is 3. The topological polar surface area (TPSA) is 114 Å². The number of hydrogen-bond acceptors (Lipinski definition) is 9. The van der Waals surface area contributed by atoms with Crippen molar-refractivity contribution in [1.29, 1.82) is 0 Å². The lowest BCUT2D eigenvalue weighted by Crippen LogP contribution is -2.75. The molecule has 208 valence electrons. The molecule has 0 aromatic carbocycles. The average Bonchev–Trinajstić information content (AvgIpc) is 3.33. The van der Waals surface area contributed by atoms with Crippen LogP contribution < -0.4 is 0 Å². The third-order valence-corrected chi connectivity index (χ3v) is 11.1. The van der Waals surface area contributed by atoms with Crippen LogP contribution in [0, 0.1) is 28.1 Å². The molecule has 0 N–H and O–H groups in total. The average molecular weight is 531 g/mol. The Balaban J connectivity index is 1.61. The van der Waals surface area contributed by atoms with Crippen LogP contribution >= 0.6 is 0 Å². The third-order valence-electron chi connectivity index (χ3n) is 11.1. The van der Waals surface area contributed by atoms with E-state index in [1.54, 1.807) is 12.3 Å². The van der Waals surface area contributed by atoms with Crippen LogP contribution in [0.4, 0.5) is 0 Å². The number of epoxide rings is 1. The summed E-state index contributed by atoms with van der Waals surface area (Å²) in [7, 11) is 0. The lowest BCUT2D eigenvalue weighted by atomic mass is 9.36. The molecule has 3 aliphatic heterocycles. The van der Waals surface area contributed by atoms with Crippen LogP contribution in [-0.4, -0.2) is 53.5 Å². The van der Waals surface area contributed by atoms with Crippen molar-refractivity contribution in [2.75, 3.05) is 6.61 Å². The van der Waals surface area contributed by atoms with Gasteiger partial charge in [0.05, 0.1) is 23.5 Å². The van der Waals surface area contributed by atoms with Gasteiger partial charge in [0.2, 0.25) is 0 Å². The largest absolute Gasteiger partial charge is 0.472 e. The van der Waals surface area contributed by atoms with Crippen LogP contribution in [0.1, 0.15) is 79.9 Å². The van der Waals surface area contributed by atoms with Gasteiger partial charge in [-0.2, -0.15) is 0 Å². The van der Waals surface area contributed by atoms with Crippen molar-refractivity contribution in [2.24, 2.45) is 28.1 Å². The van der Waals surface area contributed by atoms with Gasteiger partial charge in [0.1, 0.15) is 23.6 Å². The fraction of sp³-hybridized carbons (Fsp3) is 0.759. The molecule has 0 unspecified atom stereocenters. The second kappa shape index (κ2) is 7.49. The van der Waals surface area contributed by atoms with Gasteiger partial charge in [0.15, 0.2) is 11.9 Å². The van der Waals surface area contributed by atoms with E-state index in [1.165, 1.54) is 13.2 Å². The highest BCUT2D eigenvalue weighted by Crippen LogP contribution is 2.80. The Morgan fingerprint density at radius 3 is 2.42 bits per heavy atom. The van der Waals surface area contributed by atoms with Crippen LogP contribution in [0.25, 0.3) is 0 Å². The minimum atomic E-state index is -1.19. The number of Topliss-reactive ketones (excluding diaryl/α,β-unsaturated/α-hetero) is 1. The van der Waals surface area contributed by atoms with E-state index in [4.69, 9.17) is 28.1 Å². The number of esters is 2. The predicted octanol–water partition coefficient (Wildman–Crippen LogP) is 4.14. The smallest absolute Gasteiger partial charge is 0.339 e. The Morgan fingerprint density at radius 1 is 1.11 bits per heavy atom. The monoisotopic (exact) mass is 530 g/mol. The molecule has 9 heteroatoms. The van der Waals surface area contributed by atoms with Gasteiger partial charge in [-0.1, -0.05) is 13.8 Å². The molecule has 0 bridgehead atoms. The van der Waals surface area contributed by atoms with E-state index in [1.807, 2.05) is 41.5 Å². The summed E-state index contributed by atoms with van der Waals surface area (Å²) in [5.41, 5.74) is -3.98. The standard InChI is InChI=1S/C29H38O9/c1-9-34-28(8)26(6)18(24(3,4)38-28)12-19(31)27(7)20(26)17(35-15(2)30)13-25(5)21(16-10-11-33-14-16)36-23(32)22-29(25,27)37-22/h10-11,14,17-18,20-22H,9,12-13H2,1-8H3/t17-,18+,20-,21-,22+,25-,26-,27+,28-,29+/m0/s1. The SMILES string of the molecule is CCO[C@@]1(C)OC(C)(C)[C@H]2CC(=O)[C@]3(C)[C@@H]([C@@H](OC(C)=O)C[C@@]4(C)[C@H](c5ccoc5)OC(=O)[C@H]5O[C@]543)[C@]21C. The number of cyclic esters (lactones) is 1. The first-order valence-corrected chi connectivity index (χ1v) is 13.6. The second-order valence-corrected chi connectivity index (χ2v) is 13.1. The quantitative estimate of drug-likeness (QED) is 0.419. The summed E-state index contributed by atoms with van der Waals surface area (Å²) in [6.07, 6.45) is 1.32. The molecule has 1 spiro atoms. The predicted molar refractivity (Wildman–Crippen MR) is 131 cm³/mol. The number of carbonyl (C=O) groups excluding carboxylic acids is 3. The zero-order valence-corrected chi connectivity index (χ0v) is 23.4. The van der Waals surface area contributed by atoms with Gasteiger partial charge < -0.3 is 28.1 Å². The van der Waals surface area contributed by atoms with Crippen LogP contribution in [0.2, 0.25) is 0 Å². The first-order chi connectivity index (χ1) is 17.6. The molecule has 9 nitrogen and oxygen atoms in total. The van der Waals surface area contributed by atoms with Crippen molar-refractivity contribution >= 4 is 17.7 Å². The lowest BCUT2D eigenvalue weighted by Gasteiger charge is -2.66. The van der Waals surface area contributed by atoms with E-state index >= 15 is 0 Å². The number of ketones is 1. The normalized spacial score (nSPS) is 50.3. The Bertz CT molecular complexity index is 1210. The Kier molecular flexibility index (Phi) is 5.13. The number of ether oxygens (including phenoxy) is 5. The molecule has 6 rings (SSSR count). The number of furan rings is 1. The minimum absolute atomic E-state index is 0.0198. The minimum Gasteiger partial charge on any atom is -0.472 e. The fourth-order valence-electron chi connectivity index (χ4n) is 9.77. The van der Waals surface area contributed by atoms with E-state index in [0.717, 1.165) is 0 Å². The summed E-state index contributed by atoms with van der Waals surface area (Å²) in [6, 6.07) is 1.76. The second-order valence-electron chi connectivity index (χ2n) is 13.1. The summed E-state index contributed by atoms with van der Waals surface area (Å²) < 4.78 is 36.9. The molecule has 2 saturated carbocycles. The summed E-state index contributed by atoms with van der Waals surface area (Å²) in [5.74, 6) is -2.78. The first-order valence-electron chi connectivity index (χ1n) is 13.6. The molecule has 0 amide bonds. The van der Waals surface area contributed by atoms with Gasteiger partial charge in [-0.3, -0.25) is 9.59 Å². The van der Waals surface area contributed by atoms with Gasteiger partial charge in [-0.05, 0) is 47.1 Å². The molecular weight excluding hydrogens is 492 g/mol. The Labute approximate surface area is 222 Å². The molecule has 0 radical (unpaired) electrons. The molecule has 3 saturated heterocycles. The van der Waals surface area contributed by atoms with Crippen molar-refractivity contribution in [3.8, 4) is 0 Å². The van der Waals surface area contributed by atoms with Crippen molar-refractivity contribution < 1.29 is 42.5 Å². The van der Waals surface area contributed by atoms with Crippen LogP contribution in [0.3, 0.4) is 0 Å². The van der Waals surface area contributed by atoms with Gasteiger partial charge >= 0.3 is 11.9 Å². The fourth-order valence-corrected chi connectivity index (χ4v) is 9.77. The zero-order valence-electron chi connectivity index (χ0n) is 23.4. The summed E-state index contributed by atoms with van der Waals surface area (Å²) in [5, 5.41) is 0. The van der Waals surface area contributed by atoms with Crippen molar-refractivity contribution in [3.05, 3.63) is 24.2 Å². The lowest BCUT2D eigenvalue weighted by molar-refractivity contribution is -0.307. The molecule has 5 aliphatic rings. The van der Waals surface area contributed by atoms with Crippen molar-refractivity contribution in [1.82, 2.24) is 0 Å². The molecule has 5 fully saturated rings. The van der Waals surface area contributed by atoms with Crippen molar-refractivity contribution in [2.45, 2.75) is 104 Å². The first kappa shape index (κ1) is 26.0. The molecule has 4 heterocycles. The van der Waals surface area contributed by atoms with Crippen molar-refractivity contribution in [3.63, 3.8) is 0 Å². The zero-order chi connectivity index (χ0) is 27.7. The van der Waals surface area contributed by atoms with E-state index < -0.39 is 69.4 Å². The molecule has 1 aromatic heterocycles. The van der Waals surface area contributed by atoms with E-state index in [9.17, 15) is 14.4 Å². The van der Waals surface area contributed by atoms with E-state index in [2.05, 4.69) is 6.92 Å². The van der Waals surface area contributed by atoms with E-state index in [0.29, 0.717) is 18.6 Å². The highest BCUT2D eigenvalue weighted by molar-refractivity contribution is 5.93. The number of rotatable bonds is 4. The van der Waals surface area contributed by atoms with E-state index in [-0.39, 0.29) is 18.1 Å². The number of carbonyl (C=O) groups is 3. The van der Waals surface area contributed by atoms with Crippen LogP contribution in [0.15, 0.2) is 23.0 Å². The molecule has 2 aliphatic carbocycles. The summed E-state index contributed by atoms with van der Waals surface area (Å²) in [6.45, 7) is 15.6. The highest BCUT2D eigenvalue weighted by Gasteiger charge is 2.91. The maximum Gasteiger partial charge on any atom is 0.339 e. The summed E-state index contributed by atoms with van der Waals surface area (Å²) in [4.78, 5) is 40.5. The third kappa shape index (κ3) is 2.71. The van der Waals surface area contributed by atoms with Gasteiger partial charge in [0, 0.05) is 48.2 Å². The van der Waals surface area contributed by atoms with Gasteiger partial charge in [-0.25, -0.2) is 4.79 Å². The highest BCUT2D eigenvalue weighted by atomic mass is 16.7. The molecule has 10 atom stereocenters. The maximum atomic E-state index is 14.6. The Morgan fingerprint density at radius 2 is 1.82 bits per heavy atom. The van der Waals surface area contributed by atoms with Gasteiger partial charge in [-0.15, -0.1) is 0 Å². The molecular formula is C29H38O9. The molecule has 38 heavy (non-hydrogen) atoms. The molecule has 1 aromatic rings. The van der Waals surface area contributed by atoms with Crippen LogP contribution in [0.5, 0.6) is 0 Å². The van der Waals surface area contributed by atoms with Gasteiger partial charge in [0.25, 0.3) is 0 Å². The van der Waals surface area contributed by atoms with Crippen LogP contribution in [-0.2, 0) is 38.1 Å². The maximum absolute atomic E-state index is 14.6. The summed E-state index contributed by atoms with van der Waals surface area (Å²) >= 11 is 0. The number of hydrogen-bond donors (Lipinski definition) is 0. The Hall–Kier alpha value is -2.23.